The number of hydrogen-bond donors (Lipinski definition) is 0. The largest absolute Gasteiger partial charge is 3.00 e. The van der Waals surface area contributed by atoms with Crippen LogP contribution in [0.15, 0.2) is 0 Å². The molecule has 0 amide bonds. The maximum atomic E-state index is 12.2. The Bertz CT molecular complexity index is 1690. The van der Waals surface area contributed by atoms with Crippen molar-refractivity contribution in [2.45, 2.75) is 153 Å². The molecule has 65 heavy (non-hydrogen) atoms. The molecule has 0 atom stereocenters. The van der Waals surface area contributed by atoms with Crippen LogP contribution in [0.4, 0.5) is 0 Å². The van der Waals surface area contributed by atoms with Crippen LogP contribution in [0.2, 0.25) is 0 Å². The molecule has 0 saturated carbocycles. The van der Waals surface area contributed by atoms with Gasteiger partial charge in [0.15, 0.2) is 0 Å². The summed E-state index contributed by atoms with van der Waals surface area (Å²) in [7, 11) is -22.0. The smallest absolute Gasteiger partial charge is 0.548 e. The Balaban J connectivity index is -0.000000353. The molecule has 29 heteroatoms. The fourth-order valence-electron chi connectivity index (χ4n) is 3.65. The molecule has 388 valence electrons. The molecule has 0 aliphatic rings. The van der Waals surface area contributed by atoms with Crippen molar-refractivity contribution < 1.29 is 84.1 Å². The first-order chi connectivity index (χ1) is 27.1. The van der Waals surface area contributed by atoms with Gasteiger partial charge in [0.05, 0.1) is 60.1 Å². The molecule has 0 fully saturated rings. The Hall–Kier alpha value is 1.87. The first-order valence-corrected chi connectivity index (χ1v) is 28.8. The summed E-state index contributed by atoms with van der Waals surface area (Å²) in [5.74, 6) is 0. The minimum atomic E-state index is -3.66. The third-order valence-corrected chi connectivity index (χ3v) is 21.1. The van der Waals surface area contributed by atoms with E-state index in [1.165, 1.54) is 0 Å². The van der Waals surface area contributed by atoms with E-state index in [0.717, 1.165) is 0 Å². The van der Waals surface area contributed by atoms with Gasteiger partial charge in [-0.15, -0.1) is 39.3 Å². The van der Waals surface area contributed by atoms with Crippen LogP contribution >= 0.6 is 0 Å². The molecule has 0 saturated heterocycles. The zero-order valence-corrected chi connectivity index (χ0v) is 52.2. The van der Waals surface area contributed by atoms with E-state index in [0.29, 0.717) is 0 Å². The Labute approximate surface area is 454 Å². The summed E-state index contributed by atoms with van der Waals surface area (Å²) in [6, 6.07) is 0. The van der Waals surface area contributed by atoms with Gasteiger partial charge in [0.1, 0.15) is 0 Å². The minimum absolute atomic E-state index is 0. The van der Waals surface area contributed by atoms with Crippen molar-refractivity contribution in [2.24, 2.45) is 0 Å². The Morgan fingerprint density at radius 1 is 0.262 bits per heavy atom. The molecular formula is C36H78Co2N8O12S6Sr+2. The van der Waals surface area contributed by atoms with Crippen LogP contribution in [0.3, 0.4) is 0 Å². The van der Waals surface area contributed by atoms with Gasteiger partial charge in [-0.1, -0.05) is 0 Å². The number of hydrogen-bond acceptors (Lipinski definition) is 14. The second kappa shape index (κ2) is 28.9. The molecule has 0 aromatic heterocycles. The summed E-state index contributed by atoms with van der Waals surface area (Å²) in [5, 5.41) is 0. The standard InChI is InChI=1S/2C18H39N4O6S3.2Co.Sr/c2*1-16(2,3)29(23,24)19-10-13-22(14-11-20-30(25,26)17(4,5)6)15-12-21-31(27,28)18(7,8)9;;;/h2*10-15H2,1-9H3;;;/q2*-3;2*+3;+2. The monoisotopic (exact) mass is 1210 g/mol. The molecule has 0 aromatic rings. The van der Waals surface area contributed by atoms with Gasteiger partial charge in [0.2, 0.25) is 0 Å². The van der Waals surface area contributed by atoms with E-state index < -0.39 is 88.6 Å². The number of rotatable bonds is 24. The van der Waals surface area contributed by atoms with Crippen LogP contribution in [-0.2, 0) is 93.7 Å². The maximum absolute atomic E-state index is 12.2. The van der Waals surface area contributed by atoms with Gasteiger partial charge in [-0.25, -0.2) is 50.5 Å². The van der Waals surface area contributed by atoms with Gasteiger partial charge in [-0.05, 0) is 164 Å². The molecule has 0 aliphatic carbocycles. The minimum Gasteiger partial charge on any atom is -0.548 e. The van der Waals surface area contributed by atoms with Crippen molar-refractivity contribution in [1.82, 2.24) is 9.80 Å². The van der Waals surface area contributed by atoms with Crippen LogP contribution in [-0.4, -0.2) is 213 Å². The molecule has 0 rings (SSSR count). The fraction of sp³-hybridized carbons (Fsp3) is 1.00. The van der Waals surface area contributed by atoms with Gasteiger partial charge in [0, 0.05) is 28.5 Å². The van der Waals surface area contributed by atoms with Crippen LogP contribution < -0.4 is 0 Å². The van der Waals surface area contributed by atoms with Gasteiger partial charge < -0.3 is 38.1 Å². The summed E-state index contributed by atoms with van der Waals surface area (Å²) in [5.41, 5.74) is 0. The quantitative estimate of drug-likeness (QED) is 0.112. The first-order valence-electron chi connectivity index (χ1n) is 20.1. The van der Waals surface area contributed by atoms with Crippen LogP contribution in [0.5, 0.6) is 0 Å². The van der Waals surface area contributed by atoms with Crippen molar-refractivity contribution in [2.75, 3.05) is 78.5 Å². The molecule has 0 aliphatic heterocycles. The van der Waals surface area contributed by atoms with Gasteiger partial charge in [-0.2, -0.15) is 0 Å². The Kier molecular flexibility index (Phi) is 33.7. The van der Waals surface area contributed by atoms with E-state index in [4.69, 9.17) is 0 Å². The van der Waals surface area contributed by atoms with Crippen molar-refractivity contribution in [3.63, 3.8) is 0 Å². The summed E-state index contributed by atoms with van der Waals surface area (Å²) in [6.45, 7) is 28.9. The Morgan fingerprint density at radius 3 is 0.431 bits per heavy atom. The SMILES string of the molecule is CC(C)(C)S(=O)(=O)[N-]CCN(CC[N-]S(=O)(=O)C(C)(C)C)CC[N-]S(=O)(=O)C(C)(C)C.CC(C)(C)S(=O)(=O)[N-]CCN(CC[N-]S(=O)(=O)C(C)(C)C)CC[N-]S(=O)(=O)C(C)(C)C.[Co+3].[Co+3].[Sr+2]. The molecule has 0 radical (unpaired) electrons. The summed E-state index contributed by atoms with van der Waals surface area (Å²) >= 11 is 0. The van der Waals surface area contributed by atoms with E-state index in [2.05, 4.69) is 28.3 Å². The summed E-state index contributed by atoms with van der Waals surface area (Å²) in [4.78, 5) is 3.43. The predicted molar refractivity (Wildman–Crippen MR) is 260 cm³/mol. The molecule has 0 heterocycles. The van der Waals surface area contributed by atoms with E-state index in [1.54, 1.807) is 134 Å². The fourth-order valence-corrected chi connectivity index (χ4v) is 7.90. The van der Waals surface area contributed by atoms with Crippen molar-refractivity contribution >= 4 is 106 Å². The van der Waals surface area contributed by atoms with Gasteiger partial charge in [0.25, 0.3) is 0 Å². The van der Waals surface area contributed by atoms with E-state index in [9.17, 15) is 50.5 Å². The zero-order valence-electron chi connectivity index (χ0n) is 41.8. The molecule has 0 spiro atoms. The first kappa shape index (κ1) is 75.8. The predicted octanol–water partition coefficient (Wildman–Crippen LogP) is 5.20. The third-order valence-electron chi connectivity index (χ3n) is 8.71. The molecule has 0 aromatic carbocycles. The summed E-state index contributed by atoms with van der Waals surface area (Å²) < 4.78 is 163. The second-order valence-electron chi connectivity index (χ2n) is 20.3. The van der Waals surface area contributed by atoms with Crippen molar-refractivity contribution in [3.8, 4) is 0 Å². The van der Waals surface area contributed by atoms with Crippen molar-refractivity contribution in [1.29, 1.82) is 0 Å². The molecule has 0 unspecified atom stereocenters. The molecule has 20 nitrogen and oxygen atoms in total. The van der Waals surface area contributed by atoms with E-state index in [-0.39, 0.29) is 158 Å². The normalized spacial score (nSPS) is 14.2. The van der Waals surface area contributed by atoms with Gasteiger partial charge in [-0.3, -0.25) is 0 Å². The maximum Gasteiger partial charge on any atom is 3.00 e. The average molecular weight is 1210 g/mol. The number of sulfonamides is 6. The van der Waals surface area contributed by atoms with Crippen LogP contribution in [0.1, 0.15) is 125 Å². The third kappa shape index (κ3) is 28.1. The van der Waals surface area contributed by atoms with E-state index >= 15 is 0 Å². The number of nitrogens with zero attached hydrogens (tertiary/aromatic N) is 8. The van der Waals surface area contributed by atoms with Crippen LogP contribution in [0, 0.1) is 0 Å². The Morgan fingerprint density at radius 2 is 0.354 bits per heavy atom. The average Bonchev–Trinajstić information content (AvgIpc) is 3.01. The van der Waals surface area contributed by atoms with Gasteiger partial charge >= 0.3 is 79.0 Å². The molecule has 0 N–H and O–H groups in total. The molecule has 0 bridgehead atoms. The topological polar surface area (TPSA) is 296 Å². The van der Waals surface area contributed by atoms with Crippen molar-refractivity contribution in [3.05, 3.63) is 28.3 Å². The molecular weight excluding hydrogens is 1130 g/mol. The van der Waals surface area contributed by atoms with Crippen LogP contribution in [0.25, 0.3) is 28.3 Å². The second-order valence-corrected chi connectivity index (χ2v) is 34.9. The zero-order chi connectivity index (χ0) is 49.9. The summed E-state index contributed by atoms with van der Waals surface area (Å²) in [6.07, 6.45) is 0. The van der Waals surface area contributed by atoms with E-state index in [1.807, 2.05) is 0 Å².